The number of nitrogens with zero attached hydrogens (tertiary/aromatic N) is 1. The fraction of sp³-hybridized carbons (Fsp3) is 0. The topological polar surface area (TPSA) is 90.0 Å². The van der Waals surface area contributed by atoms with Gasteiger partial charge >= 0.3 is 0 Å². The highest BCUT2D eigenvalue weighted by molar-refractivity contribution is 5.73. The average molecular weight is 73.1 g/mol. The molecule has 0 aromatic rings. The number of rotatable bonds is 0. The average Bonchev–Trinajstić information content (AvgIpc) is 1.38. The summed E-state index contributed by atoms with van der Waals surface area (Å²) in [6.45, 7) is 0. The van der Waals surface area contributed by atoms with Crippen LogP contribution in [0.3, 0.4) is 0 Å². The molecule has 0 bridgehead atoms. The van der Waals surface area contributed by atoms with E-state index in [4.69, 9.17) is 5.41 Å². The van der Waals surface area contributed by atoms with Crippen molar-refractivity contribution in [3.05, 3.63) is 0 Å². The summed E-state index contributed by atoms with van der Waals surface area (Å²) < 4.78 is 0. The molecule has 0 spiro atoms. The normalized spacial score (nSPS) is 6.60. The Morgan fingerprint density at radius 3 is 2.00 bits per heavy atom. The van der Waals surface area contributed by atoms with Crippen molar-refractivity contribution < 1.29 is 0 Å². The summed E-state index contributed by atoms with van der Waals surface area (Å²) in [5, 5.41) is 6.23. The van der Waals surface area contributed by atoms with Gasteiger partial charge in [0.2, 0.25) is 5.96 Å². The van der Waals surface area contributed by atoms with Crippen LogP contribution < -0.4 is 17.0 Å². The van der Waals surface area contributed by atoms with Gasteiger partial charge in [-0.05, 0) is 0 Å². The Kier molecular flexibility index (Phi) is 1.30. The maximum Gasteiger partial charge on any atom is 0.224 e. The molecule has 0 saturated heterocycles. The lowest BCUT2D eigenvalue weighted by atomic mass is 11.1. The second-order valence-electron chi connectivity index (χ2n) is 0.514. The van der Waals surface area contributed by atoms with Crippen molar-refractivity contribution >= 4 is 5.96 Å². The fourth-order valence-corrected chi connectivity index (χ4v) is 0. The molecule has 4 nitrogen and oxygen atoms in total. The molecule has 5 heavy (non-hydrogen) atoms. The highest BCUT2D eigenvalue weighted by Crippen LogP contribution is 1.30. The van der Waals surface area contributed by atoms with E-state index in [1.807, 2.05) is 0 Å². The SMILES string of the molecule is N=C(N)[N]N. The molecule has 0 aliphatic heterocycles. The minimum absolute atomic E-state index is 0.343. The molecule has 29 valence electrons. The van der Waals surface area contributed by atoms with Crippen LogP contribution in [0.5, 0.6) is 0 Å². The predicted octanol–water partition coefficient (Wildman–Crippen LogP) is -1.64. The van der Waals surface area contributed by atoms with Crippen molar-refractivity contribution in [3.8, 4) is 0 Å². The van der Waals surface area contributed by atoms with E-state index in [1.54, 1.807) is 0 Å². The Labute approximate surface area is 29.6 Å². The minimum atomic E-state index is -0.343. The summed E-state index contributed by atoms with van der Waals surface area (Å²) in [7, 11) is 0. The monoisotopic (exact) mass is 73.1 g/mol. The molecule has 0 aliphatic carbocycles. The van der Waals surface area contributed by atoms with Crippen molar-refractivity contribution in [2.45, 2.75) is 0 Å². The fourth-order valence-electron chi connectivity index (χ4n) is 0. The smallest absolute Gasteiger partial charge is 0.224 e. The molecule has 0 saturated carbocycles. The van der Waals surface area contributed by atoms with E-state index in [9.17, 15) is 0 Å². The van der Waals surface area contributed by atoms with Gasteiger partial charge in [-0.3, -0.25) is 5.41 Å². The number of hydrogen-bond donors (Lipinski definition) is 3. The molecule has 0 aromatic heterocycles. The maximum atomic E-state index is 6.23. The first-order chi connectivity index (χ1) is 2.27. The van der Waals surface area contributed by atoms with Crippen molar-refractivity contribution in [1.29, 1.82) is 5.41 Å². The Morgan fingerprint density at radius 2 is 2.00 bits per heavy atom. The lowest BCUT2D eigenvalue weighted by Crippen LogP contribution is -2.28. The summed E-state index contributed by atoms with van der Waals surface area (Å²) in [5.74, 6) is 4.10. The van der Waals surface area contributed by atoms with E-state index in [2.05, 4.69) is 17.0 Å². The van der Waals surface area contributed by atoms with Gasteiger partial charge in [-0.1, -0.05) is 0 Å². The number of guanidine groups is 1. The third-order valence-electron chi connectivity index (χ3n) is 0.139. The molecule has 0 rings (SSSR count). The van der Waals surface area contributed by atoms with Crippen molar-refractivity contribution in [2.75, 3.05) is 0 Å². The van der Waals surface area contributed by atoms with Gasteiger partial charge in [0.15, 0.2) is 0 Å². The molecule has 0 aromatic carbocycles. The minimum Gasteiger partial charge on any atom is -0.367 e. The summed E-state index contributed by atoms with van der Waals surface area (Å²) in [4.78, 5) is 0. The molecular weight excluding hydrogens is 68.0 g/mol. The number of hydrogen-bond acceptors (Lipinski definition) is 2. The summed E-state index contributed by atoms with van der Waals surface area (Å²) in [5.41, 5.74) is 7.33. The Morgan fingerprint density at radius 1 is 1.80 bits per heavy atom. The van der Waals surface area contributed by atoms with Crippen molar-refractivity contribution in [3.63, 3.8) is 0 Å². The molecule has 0 aliphatic rings. The molecule has 4 heteroatoms. The van der Waals surface area contributed by atoms with Crippen LogP contribution >= 0.6 is 0 Å². The van der Waals surface area contributed by atoms with Gasteiger partial charge in [-0.2, -0.15) is 5.43 Å². The second kappa shape index (κ2) is 1.54. The zero-order valence-corrected chi connectivity index (χ0v) is 2.60. The van der Waals surface area contributed by atoms with E-state index >= 15 is 0 Å². The standard InChI is InChI=1S/CH5N4/c2-1(3)5-4/h4H2,(H3,2,3). The molecule has 0 unspecified atom stereocenters. The first kappa shape index (κ1) is 4.23. The zero-order valence-electron chi connectivity index (χ0n) is 2.60. The van der Waals surface area contributed by atoms with E-state index in [0.717, 1.165) is 0 Å². The second-order valence-corrected chi connectivity index (χ2v) is 0.514. The van der Waals surface area contributed by atoms with E-state index in [0.29, 0.717) is 0 Å². The number of nitrogens with one attached hydrogen (secondary N) is 1. The maximum absolute atomic E-state index is 6.23. The van der Waals surface area contributed by atoms with Crippen LogP contribution in [-0.2, 0) is 0 Å². The van der Waals surface area contributed by atoms with Crippen LogP contribution in [0.25, 0.3) is 0 Å². The first-order valence-electron chi connectivity index (χ1n) is 1.02. The molecule has 0 atom stereocenters. The van der Waals surface area contributed by atoms with Gasteiger partial charge < -0.3 is 5.73 Å². The van der Waals surface area contributed by atoms with Gasteiger partial charge in [0.05, 0.1) is 0 Å². The van der Waals surface area contributed by atoms with Crippen LogP contribution in [0.1, 0.15) is 0 Å². The molecule has 5 N–H and O–H groups in total. The molecule has 1 radical (unpaired) electrons. The van der Waals surface area contributed by atoms with Crippen LogP contribution in [0.15, 0.2) is 0 Å². The third kappa shape index (κ3) is 3.23. The lowest BCUT2D eigenvalue weighted by molar-refractivity contribution is 0.975. The summed E-state index contributed by atoms with van der Waals surface area (Å²) in [6.07, 6.45) is 0. The highest BCUT2D eigenvalue weighted by Gasteiger charge is 1.70. The lowest BCUT2D eigenvalue weighted by Gasteiger charge is -1.80. The largest absolute Gasteiger partial charge is 0.367 e. The Balaban J connectivity index is 2.85. The van der Waals surface area contributed by atoms with Crippen molar-refractivity contribution in [2.24, 2.45) is 11.6 Å². The van der Waals surface area contributed by atoms with Crippen LogP contribution in [-0.4, -0.2) is 5.96 Å². The van der Waals surface area contributed by atoms with Gasteiger partial charge in [0.1, 0.15) is 0 Å². The predicted molar refractivity (Wildman–Crippen MR) is 18.2 cm³/mol. The van der Waals surface area contributed by atoms with E-state index in [-0.39, 0.29) is 5.96 Å². The molecular formula is CH5N4. The first-order valence-corrected chi connectivity index (χ1v) is 1.02. The van der Waals surface area contributed by atoms with Crippen LogP contribution in [0, 0.1) is 5.41 Å². The summed E-state index contributed by atoms with van der Waals surface area (Å²) in [6, 6.07) is 0. The zero-order chi connectivity index (χ0) is 4.28. The quantitative estimate of drug-likeness (QED) is 0.139. The van der Waals surface area contributed by atoms with E-state index in [1.165, 1.54) is 0 Å². The van der Waals surface area contributed by atoms with Gasteiger partial charge in [0.25, 0.3) is 0 Å². The molecule has 0 heterocycles. The number of nitrogens with two attached hydrogens (primary N) is 2. The highest BCUT2D eigenvalue weighted by atomic mass is 15.3. The van der Waals surface area contributed by atoms with Crippen LogP contribution in [0.4, 0.5) is 0 Å². The van der Waals surface area contributed by atoms with E-state index < -0.39 is 0 Å². The van der Waals surface area contributed by atoms with Crippen LogP contribution in [0.2, 0.25) is 0 Å². The Bertz CT molecular complexity index is 38.9. The third-order valence-corrected chi connectivity index (χ3v) is 0.139. The summed E-state index contributed by atoms with van der Waals surface area (Å²) >= 11 is 0. The Hall–Kier alpha value is -0.770. The van der Waals surface area contributed by atoms with Gasteiger partial charge in [-0.15, -0.1) is 0 Å². The van der Waals surface area contributed by atoms with Crippen molar-refractivity contribution in [1.82, 2.24) is 5.43 Å². The van der Waals surface area contributed by atoms with Gasteiger partial charge in [0, 0.05) is 0 Å². The molecule has 0 fully saturated rings. The van der Waals surface area contributed by atoms with Gasteiger partial charge in [-0.25, -0.2) is 5.84 Å². The molecule has 0 amide bonds.